The molecule has 0 aliphatic carbocycles. The van der Waals surface area contributed by atoms with Crippen LogP contribution >= 0.6 is 27.5 Å². The molecule has 11 heteroatoms. The molecule has 248 valence electrons. The Morgan fingerprint density at radius 1 is 1.00 bits per heavy atom. The average molecular weight is 733 g/mol. The second-order valence-corrected chi connectivity index (χ2v) is 12.6. The Morgan fingerprint density at radius 2 is 1.75 bits per heavy atom. The maximum absolute atomic E-state index is 14.0. The highest BCUT2D eigenvalue weighted by Crippen LogP contribution is 2.43. The van der Waals surface area contributed by atoms with Crippen LogP contribution in [0.1, 0.15) is 55.9 Å². The number of ether oxygens (including phenoxy) is 5. The first-order valence-electron chi connectivity index (χ1n) is 15.7. The maximum Gasteiger partial charge on any atom is 0.282 e. The summed E-state index contributed by atoms with van der Waals surface area (Å²) < 4.78 is 30.9. The number of nitrogens with zero attached hydrogens (tertiary/aromatic N) is 3. The van der Waals surface area contributed by atoms with Crippen LogP contribution in [0.25, 0.3) is 22.3 Å². The van der Waals surface area contributed by atoms with Gasteiger partial charge in [-0.1, -0.05) is 43.6 Å². The minimum atomic E-state index is -0.304. The molecule has 4 aromatic carbocycles. The number of fused-ring (bicyclic) bond motifs is 2. The van der Waals surface area contributed by atoms with Crippen LogP contribution in [0, 0.1) is 6.92 Å². The van der Waals surface area contributed by atoms with Crippen molar-refractivity contribution in [3.63, 3.8) is 0 Å². The fourth-order valence-corrected chi connectivity index (χ4v) is 6.13. The summed E-state index contributed by atoms with van der Waals surface area (Å²) in [5, 5.41) is 5.46. The fraction of sp³-hybridized carbons (Fsp3) is 0.270. The number of hydrogen-bond acceptors (Lipinski definition) is 8. The Balaban J connectivity index is 1.42. The minimum Gasteiger partial charge on any atom is -0.494 e. The number of rotatable bonds is 11. The van der Waals surface area contributed by atoms with Gasteiger partial charge in [-0.25, -0.2) is 4.98 Å². The van der Waals surface area contributed by atoms with E-state index in [4.69, 9.17) is 45.4 Å². The predicted octanol–water partition coefficient (Wildman–Crippen LogP) is 8.90. The van der Waals surface area contributed by atoms with E-state index in [0.717, 1.165) is 28.0 Å². The summed E-state index contributed by atoms with van der Waals surface area (Å²) in [5.41, 5.74) is 4.43. The molecule has 6 rings (SSSR count). The molecular formula is C37H35BrClN3O6. The molecule has 0 unspecified atom stereocenters. The first-order chi connectivity index (χ1) is 23.2. The summed E-state index contributed by atoms with van der Waals surface area (Å²) in [6, 6.07) is 18.7. The highest BCUT2D eigenvalue weighted by Gasteiger charge is 2.21. The standard InChI is InChI=1S/C37H35BrClN3O6/c1-6-44-30-14-22(5)27(17-26(30)21(3)4)36-41-28-11-9-8-10-25(28)37(43)42(36)40-18-24-16-32(45-7-2)35(34(39)33(24)38)46-19-23-12-13-29-31(15-23)48-20-47-29/h8-18,21H,6-7,19-20H2,1-5H3. The number of benzene rings is 4. The monoisotopic (exact) mass is 731 g/mol. The molecule has 0 radical (unpaired) electrons. The smallest absolute Gasteiger partial charge is 0.282 e. The van der Waals surface area contributed by atoms with Gasteiger partial charge in [0.25, 0.3) is 5.56 Å². The van der Waals surface area contributed by atoms with Gasteiger partial charge in [0.15, 0.2) is 28.8 Å². The van der Waals surface area contributed by atoms with Gasteiger partial charge in [-0.3, -0.25) is 4.79 Å². The van der Waals surface area contributed by atoms with E-state index in [2.05, 4.69) is 29.8 Å². The van der Waals surface area contributed by atoms with Crippen molar-refractivity contribution in [1.82, 2.24) is 9.66 Å². The molecule has 9 nitrogen and oxygen atoms in total. The van der Waals surface area contributed by atoms with E-state index in [0.29, 0.717) is 68.0 Å². The zero-order chi connectivity index (χ0) is 33.9. The van der Waals surface area contributed by atoms with Gasteiger partial charge in [0.05, 0.1) is 30.3 Å². The van der Waals surface area contributed by atoms with Gasteiger partial charge in [0, 0.05) is 15.6 Å². The van der Waals surface area contributed by atoms with Crippen molar-refractivity contribution < 1.29 is 23.7 Å². The van der Waals surface area contributed by atoms with Crippen molar-refractivity contribution in [3.8, 4) is 40.1 Å². The number of aryl methyl sites for hydroxylation is 1. The lowest BCUT2D eigenvalue weighted by molar-refractivity contribution is 0.174. The van der Waals surface area contributed by atoms with Crippen LogP contribution in [0.15, 0.2) is 75.0 Å². The average Bonchev–Trinajstić information content (AvgIpc) is 3.54. The molecule has 0 spiro atoms. The van der Waals surface area contributed by atoms with E-state index in [9.17, 15) is 4.79 Å². The number of para-hydroxylation sites is 1. The van der Waals surface area contributed by atoms with Crippen LogP contribution < -0.4 is 29.2 Å². The van der Waals surface area contributed by atoms with Crippen LogP contribution in [0.3, 0.4) is 0 Å². The summed E-state index contributed by atoms with van der Waals surface area (Å²) in [6.07, 6.45) is 1.56. The summed E-state index contributed by atoms with van der Waals surface area (Å²) >= 11 is 10.5. The maximum atomic E-state index is 14.0. The zero-order valence-electron chi connectivity index (χ0n) is 27.3. The molecular weight excluding hydrogens is 698 g/mol. The van der Waals surface area contributed by atoms with Gasteiger partial charge in [-0.2, -0.15) is 9.78 Å². The summed E-state index contributed by atoms with van der Waals surface area (Å²) in [7, 11) is 0. The van der Waals surface area contributed by atoms with Gasteiger partial charge in [0.2, 0.25) is 6.79 Å². The largest absolute Gasteiger partial charge is 0.494 e. The Labute approximate surface area is 292 Å². The number of aromatic nitrogens is 2. The van der Waals surface area contributed by atoms with Crippen molar-refractivity contribution in [2.75, 3.05) is 20.0 Å². The Hall–Kier alpha value is -4.54. The van der Waals surface area contributed by atoms with Gasteiger partial charge in [-0.15, -0.1) is 0 Å². The van der Waals surface area contributed by atoms with Gasteiger partial charge >= 0.3 is 0 Å². The predicted molar refractivity (Wildman–Crippen MR) is 192 cm³/mol. The third kappa shape index (κ3) is 6.59. The summed E-state index contributed by atoms with van der Waals surface area (Å²) in [6.45, 7) is 11.4. The number of halogens is 2. The van der Waals surface area contributed by atoms with E-state index in [1.165, 1.54) is 4.68 Å². The molecule has 1 aliphatic rings. The summed E-state index contributed by atoms with van der Waals surface area (Å²) in [4.78, 5) is 18.9. The Morgan fingerprint density at radius 3 is 2.52 bits per heavy atom. The van der Waals surface area contributed by atoms with Crippen molar-refractivity contribution in [3.05, 3.63) is 103 Å². The fourth-order valence-electron chi connectivity index (χ4n) is 5.48. The van der Waals surface area contributed by atoms with Crippen LogP contribution in [-0.2, 0) is 6.61 Å². The van der Waals surface area contributed by atoms with Gasteiger partial charge in [-0.05, 0) is 102 Å². The van der Waals surface area contributed by atoms with Crippen molar-refractivity contribution >= 4 is 44.6 Å². The zero-order valence-corrected chi connectivity index (χ0v) is 29.6. The van der Waals surface area contributed by atoms with Crippen molar-refractivity contribution in [2.24, 2.45) is 5.10 Å². The molecule has 2 heterocycles. The normalized spacial score (nSPS) is 12.3. The lowest BCUT2D eigenvalue weighted by Crippen LogP contribution is -2.21. The lowest BCUT2D eigenvalue weighted by Gasteiger charge is -2.18. The van der Waals surface area contributed by atoms with Crippen LogP contribution in [0.4, 0.5) is 0 Å². The topological polar surface area (TPSA) is 93.4 Å². The minimum absolute atomic E-state index is 0.177. The molecule has 0 bridgehead atoms. The number of hydrogen-bond donors (Lipinski definition) is 0. The van der Waals surface area contributed by atoms with Crippen molar-refractivity contribution in [2.45, 2.75) is 47.1 Å². The van der Waals surface area contributed by atoms with E-state index < -0.39 is 0 Å². The highest BCUT2D eigenvalue weighted by atomic mass is 79.9. The molecule has 0 fully saturated rings. The van der Waals surface area contributed by atoms with E-state index in [-0.39, 0.29) is 24.9 Å². The summed E-state index contributed by atoms with van der Waals surface area (Å²) in [5.74, 6) is 3.57. The quantitative estimate of drug-likeness (QED) is 0.125. The Kier molecular flexibility index (Phi) is 9.93. The first kappa shape index (κ1) is 33.4. The van der Waals surface area contributed by atoms with Crippen LogP contribution in [0.2, 0.25) is 5.02 Å². The molecule has 0 N–H and O–H groups in total. The SMILES string of the molecule is CCOc1cc(C)c(-c2nc3ccccc3c(=O)n2N=Cc2cc(OCC)c(OCc3ccc4c(c3)OCO4)c(Cl)c2Br)cc1C(C)C. The lowest BCUT2D eigenvalue weighted by atomic mass is 9.96. The molecule has 48 heavy (non-hydrogen) atoms. The van der Waals surface area contributed by atoms with Crippen molar-refractivity contribution in [1.29, 1.82) is 0 Å². The van der Waals surface area contributed by atoms with Gasteiger partial charge in [0.1, 0.15) is 17.4 Å². The molecule has 1 aromatic heterocycles. The van der Waals surface area contributed by atoms with Crippen LogP contribution in [-0.4, -0.2) is 35.9 Å². The van der Waals surface area contributed by atoms with Crippen LogP contribution in [0.5, 0.6) is 28.7 Å². The molecule has 5 aromatic rings. The molecule has 0 saturated heterocycles. The third-order valence-corrected chi connectivity index (χ3v) is 9.30. The first-order valence-corrected chi connectivity index (χ1v) is 16.9. The van der Waals surface area contributed by atoms with Gasteiger partial charge < -0.3 is 23.7 Å². The second kappa shape index (κ2) is 14.3. The molecule has 0 atom stereocenters. The highest BCUT2D eigenvalue weighted by molar-refractivity contribution is 9.10. The second-order valence-electron chi connectivity index (χ2n) is 11.4. The Bertz CT molecular complexity index is 2100. The van der Waals surface area contributed by atoms with E-state index in [1.807, 2.05) is 69.3 Å². The van der Waals surface area contributed by atoms with E-state index >= 15 is 0 Å². The molecule has 1 aliphatic heterocycles. The third-order valence-electron chi connectivity index (χ3n) is 7.86. The molecule has 0 amide bonds. The molecule has 0 saturated carbocycles. The van der Waals surface area contributed by atoms with E-state index in [1.54, 1.807) is 18.3 Å².